The number of nitrogens with zero attached hydrogens (tertiary/aromatic N) is 1. The number of hydrogen-bond acceptors (Lipinski definition) is 2. The molecule has 3 nitrogen and oxygen atoms in total. The average molecular weight is 151 g/mol. The van der Waals surface area contributed by atoms with Crippen LogP contribution in [-0.4, -0.2) is 16.2 Å². The van der Waals surface area contributed by atoms with Crippen molar-refractivity contribution in [2.75, 3.05) is 0 Å². The molecule has 1 aromatic heterocycles. The molecule has 0 saturated carbocycles. The van der Waals surface area contributed by atoms with Gasteiger partial charge in [0.15, 0.2) is 0 Å². The Labute approximate surface area is 66.0 Å². The highest BCUT2D eigenvalue weighted by atomic mass is 15.1. The summed E-state index contributed by atoms with van der Waals surface area (Å²) in [6, 6.07) is 0.324. The summed E-state index contributed by atoms with van der Waals surface area (Å²) in [5.74, 6) is 0. The minimum absolute atomic E-state index is 0.324. The van der Waals surface area contributed by atoms with E-state index in [-0.39, 0.29) is 0 Å². The molecule has 0 amide bonds. The lowest BCUT2D eigenvalue weighted by atomic mass is 9.93. The molecule has 0 radical (unpaired) electrons. The first-order valence-electron chi connectivity index (χ1n) is 4.05. The first kappa shape index (κ1) is 6.85. The summed E-state index contributed by atoms with van der Waals surface area (Å²) in [6.45, 7) is 2.07. The maximum Gasteiger partial charge on any atom is 0.0672 e. The van der Waals surface area contributed by atoms with E-state index in [0.29, 0.717) is 6.04 Å². The number of aromatic nitrogens is 2. The van der Waals surface area contributed by atoms with Crippen molar-refractivity contribution in [3.05, 3.63) is 17.0 Å². The largest absolute Gasteiger partial charge is 0.327 e. The maximum atomic E-state index is 5.80. The highest BCUT2D eigenvalue weighted by Crippen LogP contribution is 2.20. The fourth-order valence-electron chi connectivity index (χ4n) is 1.68. The number of aryl methyl sites for hydroxylation is 1. The zero-order chi connectivity index (χ0) is 7.84. The highest BCUT2D eigenvalue weighted by molar-refractivity contribution is 5.27. The van der Waals surface area contributed by atoms with Gasteiger partial charge in [-0.05, 0) is 25.3 Å². The van der Waals surface area contributed by atoms with Gasteiger partial charge in [0.05, 0.1) is 5.69 Å². The number of nitrogens with one attached hydrogen (secondary N) is 1. The molecule has 1 atom stereocenters. The second-order valence-corrected chi connectivity index (χ2v) is 3.28. The normalized spacial score (nSPS) is 23.3. The van der Waals surface area contributed by atoms with Crippen molar-refractivity contribution in [1.29, 1.82) is 0 Å². The molecule has 3 N–H and O–H groups in total. The first-order valence-corrected chi connectivity index (χ1v) is 4.05. The van der Waals surface area contributed by atoms with Gasteiger partial charge in [0.2, 0.25) is 0 Å². The molecule has 2 rings (SSSR count). The molecule has 0 aromatic carbocycles. The third kappa shape index (κ3) is 1.05. The number of nitrogens with two attached hydrogens (primary N) is 1. The Morgan fingerprint density at radius 1 is 1.64 bits per heavy atom. The van der Waals surface area contributed by atoms with Crippen molar-refractivity contribution < 1.29 is 0 Å². The van der Waals surface area contributed by atoms with E-state index in [1.54, 1.807) is 0 Å². The van der Waals surface area contributed by atoms with Crippen LogP contribution in [0.2, 0.25) is 0 Å². The van der Waals surface area contributed by atoms with Gasteiger partial charge < -0.3 is 5.73 Å². The van der Waals surface area contributed by atoms with E-state index in [9.17, 15) is 0 Å². The summed E-state index contributed by atoms with van der Waals surface area (Å²) >= 11 is 0. The topological polar surface area (TPSA) is 54.7 Å². The van der Waals surface area contributed by atoms with Crippen molar-refractivity contribution in [1.82, 2.24) is 10.2 Å². The van der Waals surface area contributed by atoms with Crippen LogP contribution in [0.3, 0.4) is 0 Å². The Hall–Kier alpha value is -0.830. The highest BCUT2D eigenvalue weighted by Gasteiger charge is 2.19. The summed E-state index contributed by atoms with van der Waals surface area (Å²) in [7, 11) is 0. The molecule has 1 aliphatic rings. The van der Waals surface area contributed by atoms with Gasteiger partial charge in [-0.2, -0.15) is 5.10 Å². The molecular weight excluding hydrogens is 138 g/mol. The van der Waals surface area contributed by atoms with Gasteiger partial charge in [-0.1, -0.05) is 0 Å². The second kappa shape index (κ2) is 2.34. The van der Waals surface area contributed by atoms with E-state index in [1.165, 1.54) is 17.0 Å². The Kier molecular flexibility index (Phi) is 1.46. The predicted molar refractivity (Wildman–Crippen MR) is 43.3 cm³/mol. The van der Waals surface area contributed by atoms with Crippen LogP contribution in [0.5, 0.6) is 0 Å². The van der Waals surface area contributed by atoms with Crippen LogP contribution in [0.1, 0.15) is 23.4 Å². The summed E-state index contributed by atoms with van der Waals surface area (Å²) in [5.41, 5.74) is 9.60. The van der Waals surface area contributed by atoms with Gasteiger partial charge in [0.25, 0.3) is 0 Å². The fraction of sp³-hybridized carbons (Fsp3) is 0.625. The van der Waals surface area contributed by atoms with Crippen molar-refractivity contribution >= 4 is 0 Å². The second-order valence-electron chi connectivity index (χ2n) is 3.28. The maximum absolute atomic E-state index is 5.80. The van der Waals surface area contributed by atoms with Gasteiger partial charge in [-0.3, -0.25) is 5.10 Å². The van der Waals surface area contributed by atoms with Crippen molar-refractivity contribution in [2.45, 2.75) is 32.2 Å². The van der Waals surface area contributed by atoms with Gasteiger partial charge in [0, 0.05) is 18.2 Å². The Morgan fingerprint density at radius 2 is 2.45 bits per heavy atom. The minimum Gasteiger partial charge on any atom is -0.327 e. The van der Waals surface area contributed by atoms with E-state index < -0.39 is 0 Å². The summed E-state index contributed by atoms with van der Waals surface area (Å²) in [5, 5.41) is 7.20. The number of fused-ring (bicyclic) bond motifs is 1. The van der Waals surface area contributed by atoms with Crippen LogP contribution < -0.4 is 5.73 Å². The minimum atomic E-state index is 0.324. The quantitative estimate of drug-likeness (QED) is 0.568. The van der Waals surface area contributed by atoms with Crippen LogP contribution in [0, 0.1) is 6.92 Å². The molecule has 1 unspecified atom stereocenters. The van der Waals surface area contributed by atoms with Crippen LogP contribution in [0.25, 0.3) is 0 Å². The van der Waals surface area contributed by atoms with Gasteiger partial charge >= 0.3 is 0 Å². The van der Waals surface area contributed by atoms with Crippen molar-refractivity contribution in [2.24, 2.45) is 5.73 Å². The van der Waals surface area contributed by atoms with Crippen LogP contribution >= 0.6 is 0 Å². The lowest BCUT2D eigenvalue weighted by molar-refractivity contribution is 0.568. The summed E-state index contributed by atoms with van der Waals surface area (Å²) in [6.07, 6.45) is 3.14. The molecule has 0 bridgehead atoms. The Morgan fingerprint density at radius 3 is 3.27 bits per heavy atom. The zero-order valence-electron chi connectivity index (χ0n) is 6.72. The molecule has 11 heavy (non-hydrogen) atoms. The molecule has 0 aliphatic heterocycles. The Balaban J connectivity index is 2.36. The van der Waals surface area contributed by atoms with Gasteiger partial charge in [-0.15, -0.1) is 0 Å². The zero-order valence-corrected chi connectivity index (χ0v) is 6.72. The van der Waals surface area contributed by atoms with Crippen molar-refractivity contribution in [3.8, 4) is 0 Å². The third-order valence-corrected chi connectivity index (χ3v) is 2.38. The number of rotatable bonds is 0. The summed E-state index contributed by atoms with van der Waals surface area (Å²) < 4.78 is 0. The molecule has 0 saturated heterocycles. The van der Waals surface area contributed by atoms with E-state index in [4.69, 9.17) is 5.73 Å². The third-order valence-electron chi connectivity index (χ3n) is 2.38. The molecule has 0 spiro atoms. The van der Waals surface area contributed by atoms with Gasteiger partial charge in [0.1, 0.15) is 0 Å². The molecule has 1 aromatic rings. The number of aromatic amines is 1. The van der Waals surface area contributed by atoms with E-state index >= 15 is 0 Å². The van der Waals surface area contributed by atoms with E-state index in [1.807, 2.05) is 0 Å². The van der Waals surface area contributed by atoms with Gasteiger partial charge in [-0.25, -0.2) is 0 Å². The molecule has 3 heteroatoms. The first-order chi connectivity index (χ1) is 5.27. The monoisotopic (exact) mass is 151 g/mol. The molecular formula is C8H13N3. The molecule has 0 fully saturated rings. The number of hydrogen-bond donors (Lipinski definition) is 2. The average Bonchev–Trinajstić information content (AvgIpc) is 2.32. The Bertz CT molecular complexity index is 264. The predicted octanol–water partition coefficient (Wildman–Crippen LogP) is 0.534. The van der Waals surface area contributed by atoms with Crippen molar-refractivity contribution in [3.63, 3.8) is 0 Å². The van der Waals surface area contributed by atoms with Crippen LogP contribution in [0.15, 0.2) is 0 Å². The summed E-state index contributed by atoms with van der Waals surface area (Å²) in [4.78, 5) is 0. The molecule has 60 valence electrons. The fourth-order valence-corrected chi connectivity index (χ4v) is 1.68. The van der Waals surface area contributed by atoms with E-state index in [2.05, 4.69) is 17.1 Å². The van der Waals surface area contributed by atoms with Crippen LogP contribution in [-0.2, 0) is 12.8 Å². The SMILES string of the molecule is Cc1[nH]nc2c1CCC(N)C2. The standard InChI is InChI=1S/C8H13N3/c1-5-7-3-2-6(9)4-8(7)11-10-5/h6H,2-4,9H2,1H3,(H,10,11). The molecule has 1 heterocycles. The smallest absolute Gasteiger partial charge is 0.0672 e. The van der Waals surface area contributed by atoms with Crippen LogP contribution in [0.4, 0.5) is 0 Å². The number of H-pyrrole nitrogens is 1. The molecule has 1 aliphatic carbocycles. The lowest BCUT2D eigenvalue weighted by Gasteiger charge is -2.16. The lowest BCUT2D eigenvalue weighted by Crippen LogP contribution is -2.27. The van der Waals surface area contributed by atoms with E-state index in [0.717, 1.165) is 19.3 Å².